The van der Waals surface area contributed by atoms with Crippen molar-refractivity contribution in [2.45, 2.75) is 33.0 Å². The summed E-state index contributed by atoms with van der Waals surface area (Å²) < 4.78 is 19.6. The highest BCUT2D eigenvalue weighted by atomic mass is 79.9. The van der Waals surface area contributed by atoms with E-state index >= 15 is 0 Å². The van der Waals surface area contributed by atoms with E-state index in [0.717, 1.165) is 12.1 Å². The molecule has 1 N–H and O–H groups in total. The van der Waals surface area contributed by atoms with Crippen LogP contribution in [0.3, 0.4) is 0 Å². The molecule has 0 bridgehead atoms. The van der Waals surface area contributed by atoms with Crippen molar-refractivity contribution in [1.29, 1.82) is 0 Å². The molecule has 0 saturated carbocycles. The molecule has 21 heavy (non-hydrogen) atoms. The van der Waals surface area contributed by atoms with Crippen molar-refractivity contribution < 1.29 is 9.13 Å². The highest BCUT2D eigenvalue weighted by molar-refractivity contribution is 9.10. The largest absolute Gasteiger partial charge is 0.489 e. The smallest absolute Gasteiger partial charge is 0.141 e. The van der Waals surface area contributed by atoms with E-state index in [2.05, 4.69) is 41.2 Å². The maximum atomic E-state index is 13.5. The zero-order valence-corrected chi connectivity index (χ0v) is 13.8. The fraction of sp³-hybridized carbons (Fsp3) is 0.294. The van der Waals surface area contributed by atoms with Gasteiger partial charge in [0.25, 0.3) is 0 Å². The third-order valence-corrected chi connectivity index (χ3v) is 3.75. The molecular formula is C17H19BrFNO. The molecule has 2 rings (SSSR count). The molecule has 0 saturated heterocycles. The van der Waals surface area contributed by atoms with Crippen molar-refractivity contribution in [3.05, 3.63) is 63.9 Å². The van der Waals surface area contributed by atoms with Crippen molar-refractivity contribution >= 4 is 15.9 Å². The number of benzene rings is 2. The van der Waals surface area contributed by atoms with Gasteiger partial charge in [-0.25, -0.2) is 4.39 Å². The van der Waals surface area contributed by atoms with Crippen LogP contribution in [0.5, 0.6) is 5.75 Å². The molecule has 0 aromatic heterocycles. The molecule has 0 heterocycles. The van der Waals surface area contributed by atoms with Gasteiger partial charge in [-0.2, -0.15) is 0 Å². The van der Waals surface area contributed by atoms with Crippen LogP contribution in [0, 0.1) is 5.82 Å². The maximum absolute atomic E-state index is 13.5. The summed E-state index contributed by atoms with van der Waals surface area (Å²) in [5.74, 6) is 0.213. The van der Waals surface area contributed by atoms with Crippen molar-refractivity contribution in [2.24, 2.45) is 0 Å². The van der Waals surface area contributed by atoms with Crippen molar-refractivity contribution in [3.63, 3.8) is 0 Å². The Morgan fingerprint density at radius 2 is 1.86 bits per heavy atom. The second-order valence-corrected chi connectivity index (χ2v) is 6.02. The molecule has 2 nitrogen and oxygen atoms in total. The van der Waals surface area contributed by atoms with E-state index in [4.69, 9.17) is 4.74 Å². The maximum Gasteiger partial charge on any atom is 0.141 e. The number of nitrogens with one attached hydrogen (secondary N) is 1. The summed E-state index contributed by atoms with van der Waals surface area (Å²) in [5, 5.41) is 3.40. The molecule has 0 aliphatic rings. The minimum absolute atomic E-state index is 0.317. The van der Waals surface area contributed by atoms with E-state index in [1.807, 2.05) is 18.2 Å². The Kier molecular flexibility index (Phi) is 5.76. The Hall–Kier alpha value is -1.39. The van der Waals surface area contributed by atoms with Crippen LogP contribution in [0.2, 0.25) is 0 Å². The van der Waals surface area contributed by atoms with Gasteiger partial charge in [0.1, 0.15) is 18.2 Å². The van der Waals surface area contributed by atoms with E-state index in [1.165, 1.54) is 11.6 Å². The number of hydrogen-bond donors (Lipinski definition) is 1. The van der Waals surface area contributed by atoms with Gasteiger partial charge < -0.3 is 10.1 Å². The third-order valence-electron chi connectivity index (χ3n) is 3.10. The van der Waals surface area contributed by atoms with Gasteiger partial charge in [0, 0.05) is 18.7 Å². The predicted molar refractivity (Wildman–Crippen MR) is 86.8 cm³/mol. The summed E-state index contributed by atoms with van der Waals surface area (Å²) in [4.78, 5) is 0. The quantitative estimate of drug-likeness (QED) is 0.816. The highest BCUT2D eigenvalue weighted by Crippen LogP contribution is 2.22. The van der Waals surface area contributed by atoms with E-state index in [1.54, 1.807) is 12.1 Å². The predicted octanol–water partition coefficient (Wildman–Crippen LogP) is 4.67. The van der Waals surface area contributed by atoms with Crippen LogP contribution in [-0.4, -0.2) is 6.04 Å². The van der Waals surface area contributed by atoms with Gasteiger partial charge in [0.2, 0.25) is 0 Å². The normalized spacial score (nSPS) is 10.9. The third kappa shape index (κ3) is 4.83. The number of ether oxygens (including phenoxy) is 1. The Balaban J connectivity index is 2.03. The Labute approximate surface area is 133 Å². The molecule has 2 aromatic carbocycles. The summed E-state index contributed by atoms with van der Waals surface area (Å²) >= 11 is 3.13. The molecule has 0 atom stereocenters. The van der Waals surface area contributed by atoms with Gasteiger partial charge in [-0.1, -0.05) is 38.1 Å². The molecule has 0 aliphatic carbocycles. The first-order valence-corrected chi connectivity index (χ1v) is 7.73. The summed E-state index contributed by atoms with van der Waals surface area (Å²) in [6.07, 6.45) is 0. The van der Waals surface area contributed by atoms with Crippen molar-refractivity contribution in [2.75, 3.05) is 0 Å². The average Bonchev–Trinajstić information content (AvgIpc) is 2.47. The first kappa shape index (κ1) is 16.0. The standard InChI is InChI=1S/C17H19BrFNO/c1-12(2)20-10-13-5-3-4-6-14(13)11-21-15-7-8-16(18)17(19)9-15/h3-9,12,20H,10-11H2,1-2H3. The zero-order chi connectivity index (χ0) is 15.2. The monoisotopic (exact) mass is 351 g/mol. The SMILES string of the molecule is CC(C)NCc1ccccc1COc1ccc(Br)c(F)c1. The van der Waals surface area contributed by atoms with Crippen LogP contribution in [0.15, 0.2) is 46.9 Å². The van der Waals surface area contributed by atoms with Gasteiger partial charge in [-0.3, -0.25) is 0 Å². The van der Waals surface area contributed by atoms with Crippen LogP contribution >= 0.6 is 15.9 Å². The van der Waals surface area contributed by atoms with Crippen LogP contribution in [0.4, 0.5) is 4.39 Å². The molecule has 0 amide bonds. The van der Waals surface area contributed by atoms with E-state index in [9.17, 15) is 4.39 Å². The Morgan fingerprint density at radius 1 is 1.14 bits per heavy atom. The summed E-state index contributed by atoms with van der Waals surface area (Å²) in [6.45, 7) is 5.45. The molecule has 0 spiro atoms. The lowest BCUT2D eigenvalue weighted by Crippen LogP contribution is -2.22. The number of rotatable bonds is 6. The first-order chi connectivity index (χ1) is 10.1. The van der Waals surface area contributed by atoms with Crippen molar-refractivity contribution in [3.8, 4) is 5.75 Å². The van der Waals surface area contributed by atoms with Gasteiger partial charge in [0.05, 0.1) is 4.47 Å². The lowest BCUT2D eigenvalue weighted by Gasteiger charge is -2.13. The summed E-state index contributed by atoms with van der Waals surface area (Å²) in [6, 6.07) is 13.3. The molecule has 0 aliphatic heterocycles. The molecule has 0 unspecified atom stereocenters. The van der Waals surface area contributed by atoms with Crippen LogP contribution in [-0.2, 0) is 13.2 Å². The van der Waals surface area contributed by atoms with E-state index < -0.39 is 0 Å². The van der Waals surface area contributed by atoms with Gasteiger partial charge in [-0.05, 0) is 39.2 Å². The molecule has 4 heteroatoms. The fourth-order valence-corrected chi connectivity index (χ4v) is 2.16. The minimum atomic E-state index is -0.317. The first-order valence-electron chi connectivity index (χ1n) is 6.94. The van der Waals surface area contributed by atoms with E-state index in [0.29, 0.717) is 22.9 Å². The molecular weight excluding hydrogens is 333 g/mol. The summed E-state index contributed by atoms with van der Waals surface area (Å²) in [7, 11) is 0. The fourth-order valence-electron chi connectivity index (χ4n) is 1.91. The van der Waals surface area contributed by atoms with Crippen LogP contribution in [0.25, 0.3) is 0 Å². The van der Waals surface area contributed by atoms with Crippen LogP contribution in [0.1, 0.15) is 25.0 Å². The number of halogens is 2. The lowest BCUT2D eigenvalue weighted by molar-refractivity contribution is 0.303. The average molecular weight is 352 g/mol. The second kappa shape index (κ2) is 7.57. The summed E-state index contributed by atoms with van der Waals surface area (Å²) in [5.41, 5.74) is 2.30. The van der Waals surface area contributed by atoms with Gasteiger partial charge in [0.15, 0.2) is 0 Å². The highest BCUT2D eigenvalue weighted by Gasteiger charge is 2.05. The minimum Gasteiger partial charge on any atom is -0.489 e. The zero-order valence-electron chi connectivity index (χ0n) is 12.2. The van der Waals surface area contributed by atoms with Crippen LogP contribution < -0.4 is 10.1 Å². The topological polar surface area (TPSA) is 21.3 Å². The Bertz CT molecular complexity index is 601. The molecule has 112 valence electrons. The van der Waals surface area contributed by atoms with Crippen molar-refractivity contribution in [1.82, 2.24) is 5.32 Å². The van der Waals surface area contributed by atoms with E-state index in [-0.39, 0.29) is 5.82 Å². The number of hydrogen-bond acceptors (Lipinski definition) is 2. The lowest BCUT2D eigenvalue weighted by atomic mass is 10.1. The molecule has 0 fully saturated rings. The van der Waals surface area contributed by atoms with Gasteiger partial charge in [-0.15, -0.1) is 0 Å². The Morgan fingerprint density at radius 3 is 2.52 bits per heavy atom. The van der Waals surface area contributed by atoms with Gasteiger partial charge >= 0.3 is 0 Å². The second-order valence-electron chi connectivity index (χ2n) is 5.17. The molecule has 0 radical (unpaired) electrons. The molecule has 2 aromatic rings.